The van der Waals surface area contributed by atoms with Crippen molar-refractivity contribution in [2.45, 2.75) is 13.5 Å². The Morgan fingerprint density at radius 1 is 1.03 bits per heavy atom. The molecule has 0 aliphatic carbocycles. The van der Waals surface area contributed by atoms with Crippen molar-refractivity contribution in [3.05, 3.63) is 65.5 Å². The van der Waals surface area contributed by atoms with E-state index in [9.17, 15) is 4.79 Å². The Bertz CT molecular complexity index is 977. The molecule has 1 aliphatic rings. The average molecular weight is 392 g/mol. The monoisotopic (exact) mass is 392 g/mol. The summed E-state index contributed by atoms with van der Waals surface area (Å²) in [5, 5.41) is 12.2. The normalized spacial score (nSPS) is 14.8. The standard InChI is InChI=1S/C21H24N6O2/c1-16-5-3-4-6-19(16)21(28)26-13-11-25(12-14-26)15-20-22-23-24-27(20)17-7-9-18(29-2)10-8-17/h3-10H,11-15H2,1-2H3. The lowest BCUT2D eigenvalue weighted by Crippen LogP contribution is -2.48. The molecule has 0 atom stereocenters. The van der Waals surface area contributed by atoms with Gasteiger partial charge in [0.05, 0.1) is 19.3 Å². The molecule has 1 aromatic heterocycles. The van der Waals surface area contributed by atoms with E-state index in [1.807, 2.05) is 60.4 Å². The Kier molecular flexibility index (Phi) is 5.53. The van der Waals surface area contributed by atoms with Crippen LogP contribution in [0, 0.1) is 6.92 Å². The molecule has 0 unspecified atom stereocenters. The highest BCUT2D eigenvalue weighted by molar-refractivity contribution is 5.95. The molecule has 8 heteroatoms. The number of ether oxygens (including phenoxy) is 1. The molecule has 8 nitrogen and oxygen atoms in total. The summed E-state index contributed by atoms with van der Waals surface area (Å²) in [4.78, 5) is 17.0. The van der Waals surface area contributed by atoms with Crippen molar-refractivity contribution < 1.29 is 9.53 Å². The second-order valence-corrected chi connectivity index (χ2v) is 7.09. The Labute approximate surface area is 169 Å². The highest BCUT2D eigenvalue weighted by Crippen LogP contribution is 2.17. The molecule has 1 fully saturated rings. The second kappa shape index (κ2) is 8.40. The number of aromatic nitrogens is 4. The first-order valence-electron chi connectivity index (χ1n) is 9.64. The summed E-state index contributed by atoms with van der Waals surface area (Å²) < 4.78 is 6.95. The topological polar surface area (TPSA) is 76.4 Å². The third-order valence-corrected chi connectivity index (χ3v) is 5.25. The van der Waals surface area contributed by atoms with Crippen molar-refractivity contribution in [2.24, 2.45) is 0 Å². The number of tetrazole rings is 1. The van der Waals surface area contributed by atoms with E-state index in [2.05, 4.69) is 20.4 Å². The van der Waals surface area contributed by atoms with Crippen LogP contribution in [0.5, 0.6) is 5.75 Å². The Morgan fingerprint density at radius 2 is 1.76 bits per heavy atom. The lowest BCUT2D eigenvalue weighted by Gasteiger charge is -2.34. The molecular formula is C21H24N6O2. The first-order valence-corrected chi connectivity index (χ1v) is 9.64. The van der Waals surface area contributed by atoms with Crippen LogP contribution in [0.25, 0.3) is 5.69 Å². The lowest BCUT2D eigenvalue weighted by atomic mass is 10.1. The predicted molar refractivity (Wildman–Crippen MR) is 108 cm³/mol. The van der Waals surface area contributed by atoms with E-state index in [-0.39, 0.29) is 5.91 Å². The summed E-state index contributed by atoms with van der Waals surface area (Å²) in [5.41, 5.74) is 2.68. The van der Waals surface area contributed by atoms with Crippen molar-refractivity contribution in [3.8, 4) is 11.4 Å². The summed E-state index contributed by atoms with van der Waals surface area (Å²) in [5.74, 6) is 1.66. The minimum Gasteiger partial charge on any atom is -0.497 e. The minimum absolute atomic E-state index is 0.103. The Morgan fingerprint density at radius 3 is 2.45 bits per heavy atom. The predicted octanol–water partition coefficient (Wildman–Crippen LogP) is 1.94. The maximum Gasteiger partial charge on any atom is 0.254 e. The molecule has 2 aromatic carbocycles. The van der Waals surface area contributed by atoms with Crippen LogP contribution in [-0.2, 0) is 6.54 Å². The zero-order chi connectivity index (χ0) is 20.2. The van der Waals surface area contributed by atoms with E-state index in [1.165, 1.54) is 0 Å². The van der Waals surface area contributed by atoms with Gasteiger partial charge in [-0.05, 0) is 53.2 Å². The highest BCUT2D eigenvalue weighted by atomic mass is 16.5. The summed E-state index contributed by atoms with van der Waals surface area (Å²) in [6, 6.07) is 15.4. The van der Waals surface area contributed by atoms with Crippen LogP contribution in [0.1, 0.15) is 21.7 Å². The van der Waals surface area contributed by atoms with Gasteiger partial charge in [-0.3, -0.25) is 9.69 Å². The van der Waals surface area contributed by atoms with Gasteiger partial charge in [0.2, 0.25) is 0 Å². The molecular weight excluding hydrogens is 368 g/mol. The molecule has 0 radical (unpaired) electrons. The van der Waals surface area contributed by atoms with E-state index >= 15 is 0 Å². The van der Waals surface area contributed by atoms with Crippen LogP contribution in [-0.4, -0.2) is 69.2 Å². The van der Waals surface area contributed by atoms with Crippen LogP contribution in [0.2, 0.25) is 0 Å². The van der Waals surface area contributed by atoms with Gasteiger partial charge in [0.25, 0.3) is 5.91 Å². The number of nitrogens with zero attached hydrogens (tertiary/aromatic N) is 6. The number of amides is 1. The molecule has 0 bridgehead atoms. The van der Waals surface area contributed by atoms with E-state index in [1.54, 1.807) is 11.8 Å². The molecule has 0 spiro atoms. The fourth-order valence-corrected chi connectivity index (χ4v) is 3.52. The van der Waals surface area contributed by atoms with Crippen molar-refractivity contribution in [3.63, 3.8) is 0 Å². The number of piperazine rings is 1. The van der Waals surface area contributed by atoms with Crippen molar-refractivity contribution in [1.82, 2.24) is 30.0 Å². The highest BCUT2D eigenvalue weighted by Gasteiger charge is 2.24. The fraction of sp³-hybridized carbons (Fsp3) is 0.333. The fourth-order valence-electron chi connectivity index (χ4n) is 3.52. The first-order chi connectivity index (χ1) is 14.2. The number of benzene rings is 2. The largest absolute Gasteiger partial charge is 0.497 e. The average Bonchev–Trinajstić information content (AvgIpc) is 3.22. The maximum absolute atomic E-state index is 12.8. The molecule has 3 aromatic rings. The maximum atomic E-state index is 12.8. The van der Waals surface area contributed by atoms with Gasteiger partial charge in [0, 0.05) is 31.7 Å². The minimum atomic E-state index is 0.103. The molecule has 1 aliphatic heterocycles. The molecule has 150 valence electrons. The molecule has 4 rings (SSSR count). The quantitative estimate of drug-likeness (QED) is 0.661. The molecule has 0 N–H and O–H groups in total. The van der Waals surface area contributed by atoms with Crippen LogP contribution in [0.3, 0.4) is 0 Å². The third-order valence-electron chi connectivity index (χ3n) is 5.25. The van der Waals surface area contributed by atoms with Crippen LogP contribution in [0.15, 0.2) is 48.5 Å². The van der Waals surface area contributed by atoms with E-state index in [0.29, 0.717) is 19.6 Å². The van der Waals surface area contributed by atoms with Crippen molar-refractivity contribution in [2.75, 3.05) is 33.3 Å². The number of hydrogen-bond donors (Lipinski definition) is 0. The Balaban J connectivity index is 1.39. The SMILES string of the molecule is COc1ccc(-n2nnnc2CN2CCN(C(=O)c3ccccc3C)CC2)cc1. The summed E-state index contributed by atoms with van der Waals surface area (Å²) in [6.07, 6.45) is 0. The smallest absolute Gasteiger partial charge is 0.254 e. The summed E-state index contributed by atoms with van der Waals surface area (Å²) >= 11 is 0. The molecule has 29 heavy (non-hydrogen) atoms. The zero-order valence-electron chi connectivity index (χ0n) is 16.7. The Hall–Kier alpha value is -3.26. The first kappa shape index (κ1) is 19.1. The second-order valence-electron chi connectivity index (χ2n) is 7.09. The number of aryl methyl sites for hydroxylation is 1. The number of carbonyl (C=O) groups excluding carboxylic acids is 1. The summed E-state index contributed by atoms with van der Waals surface area (Å²) in [7, 11) is 1.64. The van der Waals surface area contributed by atoms with E-state index < -0.39 is 0 Å². The van der Waals surface area contributed by atoms with E-state index in [4.69, 9.17) is 4.74 Å². The number of methoxy groups -OCH3 is 1. The molecule has 0 saturated carbocycles. The van der Waals surface area contributed by atoms with Gasteiger partial charge in [-0.2, -0.15) is 4.68 Å². The van der Waals surface area contributed by atoms with Gasteiger partial charge in [0.15, 0.2) is 5.82 Å². The van der Waals surface area contributed by atoms with Gasteiger partial charge in [0.1, 0.15) is 5.75 Å². The number of rotatable bonds is 5. The summed E-state index contributed by atoms with van der Waals surface area (Å²) in [6.45, 7) is 5.56. The van der Waals surface area contributed by atoms with Crippen molar-refractivity contribution in [1.29, 1.82) is 0 Å². The van der Waals surface area contributed by atoms with Gasteiger partial charge in [-0.15, -0.1) is 5.10 Å². The lowest BCUT2D eigenvalue weighted by molar-refractivity contribution is 0.0624. The van der Waals surface area contributed by atoms with E-state index in [0.717, 1.165) is 41.5 Å². The van der Waals surface area contributed by atoms with Crippen LogP contribution >= 0.6 is 0 Å². The van der Waals surface area contributed by atoms with Crippen LogP contribution < -0.4 is 4.74 Å². The molecule has 1 saturated heterocycles. The van der Waals surface area contributed by atoms with Gasteiger partial charge in [-0.1, -0.05) is 18.2 Å². The zero-order valence-corrected chi connectivity index (χ0v) is 16.7. The van der Waals surface area contributed by atoms with Crippen molar-refractivity contribution >= 4 is 5.91 Å². The number of carbonyl (C=O) groups is 1. The van der Waals surface area contributed by atoms with Gasteiger partial charge < -0.3 is 9.64 Å². The third kappa shape index (κ3) is 4.12. The van der Waals surface area contributed by atoms with Gasteiger partial charge >= 0.3 is 0 Å². The number of hydrogen-bond acceptors (Lipinski definition) is 6. The molecule has 1 amide bonds. The van der Waals surface area contributed by atoms with Crippen LogP contribution in [0.4, 0.5) is 0 Å². The molecule has 2 heterocycles. The van der Waals surface area contributed by atoms with Gasteiger partial charge in [-0.25, -0.2) is 0 Å².